The van der Waals surface area contributed by atoms with Gasteiger partial charge in [0.05, 0.1) is 6.04 Å². The van der Waals surface area contributed by atoms with Crippen LogP contribution >= 0.6 is 43.2 Å². The Kier molecular flexibility index (Phi) is 4.05. The SMILES string of the molecule is CC(Nc1ccccc1Br)c1sccc1Br. The molecule has 0 amide bonds. The molecule has 0 bridgehead atoms. The van der Waals surface area contributed by atoms with Gasteiger partial charge in [0, 0.05) is 19.5 Å². The van der Waals surface area contributed by atoms with Gasteiger partial charge >= 0.3 is 0 Å². The van der Waals surface area contributed by atoms with Crippen LogP contribution in [0.2, 0.25) is 0 Å². The van der Waals surface area contributed by atoms with Crippen LogP contribution in [0.3, 0.4) is 0 Å². The van der Waals surface area contributed by atoms with Crippen LogP contribution in [0.1, 0.15) is 17.8 Å². The van der Waals surface area contributed by atoms with Crippen molar-refractivity contribution in [3.8, 4) is 0 Å². The molecule has 1 nitrogen and oxygen atoms in total. The first-order chi connectivity index (χ1) is 7.68. The molecule has 0 saturated carbocycles. The van der Waals surface area contributed by atoms with Gasteiger partial charge in [-0.1, -0.05) is 12.1 Å². The molecule has 84 valence electrons. The summed E-state index contributed by atoms with van der Waals surface area (Å²) in [7, 11) is 0. The topological polar surface area (TPSA) is 12.0 Å². The molecule has 0 aliphatic rings. The second-order valence-electron chi connectivity index (χ2n) is 3.48. The number of hydrogen-bond acceptors (Lipinski definition) is 2. The third-order valence-corrected chi connectivity index (χ3v) is 5.03. The molecule has 4 heteroatoms. The highest BCUT2D eigenvalue weighted by atomic mass is 79.9. The quantitative estimate of drug-likeness (QED) is 0.767. The summed E-state index contributed by atoms with van der Waals surface area (Å²) in [6, 6.07) is 10.5. The number of para-hydroxylation sites is 1. The van der Waals surface area contributed by atoms with Gasteiger partial charge in [0.15, 0.2) is 0 Å². The van der Waals surface area contributed by atoms with E-state index in [4.69, 9.17) is 0 Å². The zero-order valence-electron chi connectivity index (χ0n) is 8.71. The summed E-state index contributed by atoms with van der Waals surface area (Å²) >= 11 is 8.85. The Balaban J connectivity index is 2.17. The van der Waals surface area contributed by atoms with E-state index in [-0.39, 0.29) is 0 Å². The first-order valence-corrected chi connectivity index (χ1v) is 7.39. The first kappa shape index (κ1) is 12.1. The first-order valence-electron chi connectivity index (χ1n) is 4.92. The van der Waals surface area contributed by atoms with Crippen LogP contribution < -0.4 is 5.32 Å². The van der Waals surface area contributed by atoms with Crippen molar-refractivity contribution in [3.05, 3.63) is 49.5 Å². The Labute approximate surface area is 116 Å². The predicted molar refractivity (Wildman–Crippen MR) is 78.2 cm³/mol. The van der Waals surface area contributed by atoms with E-state index in [1.54, 1.807) is 11.3 Å². The largest absolute Gasteiger partial charge is 0.377 e. The summed E-state index contributed by atoms with van der Waals surface area (Å²) in [6.07, 6.45) is 0. The summed E-state index contributed by atoms with van der Waals surface area (Å²) in [6.45, 7) is 2.16. The van der Waals surface area contributed by atoms with Gasteiger partial charge in [-0.2, -0.15) is 0 Å². The Morgan fingerprint density at radius 1 is 1.12 bits per heavy atom. The summed E-state index contributed by atoms with van der Waals surface area (Å²) in [4.78, 5) is 1.32. The molecule has 1 N–H and O–H groups in total. The average molecular weight is 361 g/mol. The summed E-state index contributed by atoms with van der Waals surface area (Å²) in [5.74, 6) is 0. The van der Waals surface area contributed by atoms with E-state index in [2.05, 4.69) is 61.6 Å². The molecular formula is C12H11Br2NS. The van der Waals surface area contributed by atoms with Crippen molar-refractivity contribution in [2.45, 2.75) is 13.0 Å². The minimum Gasteiger partial charge on any atom is -0.377 e. The fraction of sp³-hybridized carbons (Fsp3) is 0.167. The monoisotopic (exact) mass is 359 g/mol. The molecule has 0 saturated heterocycles. The molecule has 0 radical (unpaired) electrons. The van der Waals surface area contributed by atoms with Crippen molar-refractivity contribution >= 4 is 48.9 Å². The predicted octanol–water partition coefficient (Wildman–Crippen LogP) is 5.45. The van der Waals surface area contributed by atoms with Gasteiger partial charge in [-0.3, -0.25) is 0 Å². The lowest BCUT2D eigenvalue weighted by molar-refractivity contribution is 0.902. The minimum absolute atomic E-state index is 0.299. The normalized spacial score (nSPS) is 12.4. The summed E-state index contributed by atoms with van der Waals surface area (Å²) < 4.78 is 2.26. The van der Waals surface area contributed by atoms with Gasteiger partial charge in [-0.25, -0.2) is 0 Å². The Bertz CT molecular complexity index is 481. The highest BCUT2D eigenvalue weighted by molar-refractivity contribution is 9.11. The zero-order valence-corrected chi connectivity index (χ0v) is 12.7. The summed E-state index contributed by atoms with van der Waals surface area (Å²) in [5, 5.41) is 5.58. The summed E-state index contributed by atoms with van der Waals surface area (Å²) in [5.41, 5.74) is 1.12. The molecule has 1 heterocycles. The van der Waals surface area contributed by atoms with Gasteiger partial charge in [-0.05, 0) is 62.4 Å². The molecule has 1 aromatic carbocycles. The van der Waals surface area contributed by atoms with Crippen LogP contribution in [-0.4, -0.2) is 0 Å². The van der Waals surface area contributed by atoms with Crippen molar-refractivity contribution in [1.82, 2.24) is 0 Å². The van der Waals surface area contributed by atoms with Crippen LogP contribution in [0.15, 0.2) is 44.7 Å². The third kappa shape index (κ3) is 2.67. The van der Waals surface area contributed by atoms with Gasteiger partial charge in [0.25, 0.3) is 0 Å². The molecule has 1 atom stereocenters. The lowest BCUT2D eigenvalue weighted by Gasteiger charge is -2.15. The number of anilines is 1. The maximum absolute atomic E-state index is 3.56. The third-order valence-electron chi connectivity index (χ3n) is 2.28. The molecule has 0 fully saturated rings. The van der Waals surface area contributed by atoms with Crippen molar-refractivity contribution in [2.24, 2.45) is 0 Å². The number of rotatable bonds is 3. The molecule has 1 unspecified atom stereocenters. The van der Waals surface area contributed by atoms with Crippen LogP contribution in [-0.2, 0) is 0 Å². The van der Waals surface area contributed by atoms with Gasteiger partial charge in [0.2, 0.25) is 0 Å². The van der Waals surface area contributed by atoms with Crippen LogP contribution in [0.25, 0.3) is 0 Å². The zero-order chi connectivity index (χ0) is 11.5. The standard InChI is InChI=1S/C12H11Br2NS/c1-8(12-10(14)6-7-16-12)15-11-5-3-2-4-9(11)13/h2-8,15H,1H3. The van der Waals surface area contributed by atoms with Crippen LogP contribution in [0.5, 0.6) is 0 Å². The molecule has 0 aliphatic heterocycles. The fourth-order valence-electron chi connectivity index (χ4n) is 1.49. The van der Waals surface area contributed by atoms with Gasteiger partial charge < -0.3 is 5.32 Å². The molecule has 1 aromatic heterocycles. The maximum atomic E-state index is 3.56. The molecule has 2 rings (SSSR count). The van der Waals surface area contributed by atoms with E-state index in [1.807, 2.05) is 18.2 Å². The van der Waals surface area contributed by atoms with E-state index in [0.29, 0.717) is 6.04 Å². The van der Waals surface area contributed by atoms with Crippen molar-refractivity contribution in [2.75, 3.05) is 5.32 Å². The van der Waals surface area contributed by atoms with Crippen molar-refractivity contribution in [3.63, 3.8) is 0 Å². The highest BCUT2D eigenvalue weighted by Crippen LogP contribution is 2.32. The maximum Gasteiger partial charge on any atom is 0.0590 e. The number of hydrogen-bond donors (Lipinski definition) is 1. The lowest BCUT2D eigenvalue weighted by atomic mass is 10.2. The number of benzene rings is 1. The second-order valence-corrected chi connectivity index (χ2v) is 6.14. The minimum atomic E-state index is 0.299. The number of halogens is 2. The van der Waals surface area contributed by atoms with E-state index in [9.17, 15) is 0 Å². The molecule has 2 aromatic rings. The fourth-order valence-corrected chi connectivity index (χ4v) is 3.62. The van der Waals surface area contributed by atoms with E-state index in [1.165, 1.54) is 9.35 Å². The van der Waals surface area contributed by atoms with Crippen LogP contribution in [0.4, 0.5) is 5.69 Å². The lowest BCUT2D eigenvalue weighted by Crippen LogP contribution is -2.05. The molecule has 0 aliphatic carbocycles. The Morgan fingerprint density at radius 3 is 2.50 bits per heavy atom. The van der Waals surface area contributed by atoms with E-state index >= 15 is 0 Å². The Morgan fingerprint density at radius 2 is 1.88 bits per heavy atom. The molecule has 16 heavy (non-hydrogen) atoms. The number of nitrogens with one attached hydrogen (secondary N) is 1. The van der Waals surface area contributed by atoms with Crippen molar-refractivity contribution in [1.29, 1.82) is 0 Å². The van der Waals surface area contributed by atoms with Gasteiger partial charge in [-0.15, -0.1) is 11.3 Å². The Hall–Kier alpha value is -0.320. The average Bonchev–Trinajstić information content (AvgIpc) is 2.68. The molecule has 0 spiro atoms. The number of thiophene rings is 1. The van der Waals surface area contributed by atoms with E-state index < -0.39 is 0 Å². The van der Waals surface area contributed by atoms with Crippen LogP contribution in [0, 0.1) is 0 Å². The smallest absolute Gasteiger partial charge is 0.0590 e. The molecular weight excluding hydrogens is 350 g/mol. The van der Waals surface area contributed by atoms with Gasteiger partial charge in [0.1, 0.15) is 0 Å². The van der Waals surface area contributed by atoms with E-state index in [0.717, 1.165) is 10.2 Å². The second kappa shape index (κ2) is 5.34. The highest BCUT2D eigenvalue weighted by Gasteiger charge is 2.11. The van der Waals surface area contributed by atoms with Crippen molar-refractivity contribution < 1.29 is 0 Å².